The number of nitrogens with one attached hydrogen (secondary N) is 1. The summed E-state index contributed by atoms with van der Waals surface area (Å²) in [6.45, 7) is 5.56. The van der Waals surface area contributed by atoms with Crippen molar-refractivity contribution >= 4 is 5.95 Å². The van der Waals surface area contributed by atoms with Crippen LogP contribution in [0.15, 0.2) is 30.9 Å². The number of imidazole rings is 1. The maximum Gasteiger partial charge on any atom is 0.256 e. The van der Waals surface area contributed by atoms with Gasteiger partial charge in [0.05, 0.1) is 0 Å². The second kappa shape index (κ2) is 5.70. The van der Waals surface area contributed by atoms with Crippen LogP contribution in [0.3, 0.4) is 0 Å². The highest BCUT2D eigenvalue weighted by Crippen LogP contribution is 2.15. The molecule has 0 aliphatic rings. The number of nitrogens with zero attached hydrogens (tertiary/aromatic N) is 7. The Morgan fingerprint density at radius 3 is 2.71 bits per heavy atom. The summed E-state index contributed by atoms with van der Waals surface area (Å²) in [7, 11) is 0. The highest BCUT2D eigenvalue weighted by molar-refractivity contribution is 5.48. The lowest BCUT2D eigenvalue weighted by Crippen LogP contribution is -2.11. The third-order valence-corrected chi connectivity index (χ3v) is 2.92. The molecule has 8 heteroatoms. The maximum absolute atomic E-state index is 4.46. The molecule has 0 bridgehead atoms. The van der Waals surface area contributed by atoms with Gasteiger partial charge in [0.25, 0.3) is 5.95 Å². The fourth-order valence-corrected chi connectivity index (χ4v) is 1.96. The fourth-order valence-electron chi connectivity index (χ4n) is 1.96. The average molecular weight is 284 g/mol. The standard InChI is InChI=1S/C13H16N8/c1-3-14-12-17-10(11-15-7-9-20(11)4-2)18-13(19-12)21-8-5-6-16-21/h5-9H,3-4H2,1-2H3,(H,14,17,18,19). The van der Waals surface area contributed by atoms with Crippen LogP contribution in [0.1, 0.15) is 13.8 Å². The molecule has 108 valence electrons. The number of aromatic nitrogens is 7. The first kappa shape index (κ1) is 13.2. The van der Waals surface area contributed by atoms with Crippen molar-refractivity contribution in [3.63, 3.8) is 0 Å². The van der Waals surface area contributed by atoms with Crippen LogP contribution in [0, 0.1) is 0 Å². The molecule has 21 heavy (non-hydrogen) atoms. The van der Waals surface area contributed by atoms with Crippen molar-refractivity contribution in [1.29, 1.82) is 0 Å². The van der Waals surface area contributed by atoms with E-state index in [-0.39, 0.29) is 0 Å². The van der Waals surface area contributed by atoms with Crippen LogP contribution in [-0.2, 0) is 6.54 Å². The Hall–Kier alpha value is -2.77. The molecule has 3 aromatic heterocycles. The monoisotopic (exact) mass is 284 g/mol. The van der Waals surface area contributed by atoms with Gasteiger partial charge < -0.3 is 9.88 Å². The highest BCUT2D eigenvalue weighted by Gasteiger charge is 2.13. The van der Waals surface area contributed by atoms with Crippen molar-refractivity contribution in [3.05, 3.63) is 30.9 Å². The Kier molecular flexibility index (Phi) is 3.59. The lowest BCUT2D eigenvalue weighted by molar-refractivity contribution is 0.753. The first-order valence-electron chi connectivity index (χ1n) is 6.83. The van der Waals surface area contributed by atoms with E-state index < -0.39 is 0 Å². The van der Waals surface area contributed by atoms with Crippen molar-refractivity contribution in [2.75, 3.05) is 11.9 Å². The van der Waals surface area contributed by atoms with Gasteiger partial charge in [-0.2, -0.15) is 20.1 Å². The van der Waals surface area contributed by atoms with Crippen molar-refractivity contribution in [2.24, 2.45) is 0 Å². The van der Waals surface area contributed by atoms with Crippen LogP contribution < -0.4 is 5.32 Å². The Balaban J connectivity index is 2.11. The molecule has 3 heterocycles. The van der Waals surface area contributed by atoms with E-state index in [1.54, 1.807) is 23.3 Å². The molecule has 0 aromatic carbocycles. The van der Waals surface area contributed by atoms with Gasteiger partial charge in [0.1, 0.15) is 0 Å². The van der Waals surface area contributed by atoms with Crippen molar-refractivity contribution < 1.29 is 0 Å². The number of rotatable bonds is 5. The smallest absolute Gasteiger partial charge is 0.256 e. The van der Waals surface area contributed by atoms with Crippen LogP contribution in [0.2, 0.25) is 0 Å². The first-order chi connectivity index (χ1) is 10.3. The number of anilines is 1. The zero-order valence-corrected chi connectivity index (χ0v) is 11.9. The van der Waals surface area contributed by atoms with Gasteiger partial charge in [0.2, 0.25) is 11.8 Å². The molecule has 0 saturated carbocycles. The molecule has 0 spiro atoms. The summed E-state index contributed by atoms with van der Waals surface area (Å²) in [5, 5.41) is 7.27. The third kappa shape index (κ3) is 2.60. The summed E-state index contributed by atoms with van der Waals surface area (Å²) >= 11 is 0. The topological polar surface area (TPSA) is 86.3 Å². The molecule has 0 aliphatic carbocycles. The summed E-state index contributed by atoms with van der Waals surface area (Å²) in [6.07, 6.45) is 7.12. The van der Waals surface area contributed by atoms with E-state index in [0.29, 0.717) is 23.5 Å². The zero-order chi connectivity index (χ0) is 14.7. The molecule has 0 radical (unpaired) electrons. The molecule has 0 unspecified atom stereocenters. The summed E-state index contributed by atoms with van der Waals surface area (Å²) in [6, 6.07) is 1.82. The third-order valence-electron chi connectivity index (χ3n) is 2.92. The quantitative estimate of drug-likeness (QED) is 0.761. The van der Waals surface area contributed by atoms with Crippen molar-refractivity contribution in [2.45, 2.75) is 20.4 Å². The Morgan fingerprint density at radius 1 is 1.10 bits per heavy atom. The van der Waals surface area contributed by atoms with Gasteiger partial charge >= 0.3 is 0 Å². The van der Waals surface area contributed by atoms with E-state index in [1.165, 1.54) is 0 Å². The number of hydrogen-bond donors (Lipinski definition) is 1. The van der Waals surface area contributed by atoms with E-state index >= 15 is 0 Å². The molecule has 0 fully saturated rings. The number of hydrogen-bond acceptors (Lipinski definition) is 6. The van der Waals surface area contributed by atoms with Gasteiger partial charge in [0, 0.05) is 37.9 Å². The predicted molar refractivity (Wildman–Crippen MR) is 78.0 cm³/mol. The van der Waals surface area contributed by atoms with Gasteiger partial charge in [0.15, 0.2) is 5.82 Å². The number of aryl methyl sites for hydroxylation is 1. The van der Waals surface area contributed by atoms with E-state index in [4.69, 9.17) is 0 Å². The highest BCUT2D eigenvalue weighted by atomic mass is 15.4. The minimum Gasteiger partial charge on any atom is -0.354 e. The second-order valence-corrected chi connectivity index (χ2v) is 4.30. The molecule has 0 saturated heterocycles. The van der Waals surface area contributed by atoms with E-state index in [0.717, 1.165) is 13.1 Å². The minimum atomic E-state index is 0.464. The van der Waals surface area contributed by atoms with Crippen LogP contribution >= 0.6 is 0 Å². The summed E-state index contributed by atoms with van der Waals surface area (Å²) in [5.41, 5.74) is 0. The van der Waals surface area contributed by atoms with Gasteiger partial charge in [-0.25, -0.2) is 9.67 Å². The van der Waals surface area contributed by atoms with Crippen LogP contribution in [0.5, 0.6) is 0 Å². The summed E-state index contributed by atoms with van der Waals surface area (Å²) in [4.78, 5) is 17.6. The van der Waals surface area contributed by atoms with E-state index in [1.807, 2.05) is 30.7 Å². The molecule has 3 aromatic rings. The van der Waals surface area contributed by atoms with Crippen molar-refractivity contribution in [3.8, 4) is 17.6 Å². The van der Waals surface area contributed by atoms with Crippen LogP contribution in [-0.4, -0.2) is 40.8 Å². The molecular weight excluding hydrogens is 268 g/mol. The molecular formula is C13H16N8. The van der Waals surface area contributed by atoms with Gasteiger partial charge in [-0.05, 0) is 19.9 Å². The molecule has 0 amide bonds. The Morgan fingerprint density at radius 2 is 2.00 bits per heavy atom. The van der Waals surface area contributed by atoms with Gasteiger partial charge in [-0.1, -0.05) is 0 Å². The largest absolute Gasteiger partial charge is 0.354 e. The zero-order valence-electron chi connectivity index (χ0n) is 11.9. The SMILES string of the molecule is CCNc1nc(-c2nccn2CC)nc(-n2cccn2)n1. The molecule has 0 atom stereocenters. The minimum absolute atomic E-state index is 0.464. The van der Waals surface area contributed by atoms with Gasteiger partial charge in [-0.15, -0.1) is 0 Å². The van der Waals surface area contributed by atoms with Crippen LogP contribution in [0.25, 0.3) is 17.6 Å². The van der Waals surface area contributed by atoms with E-state index in [2.05, 4.69) is 30.4 Å². The normalized spacial score (nSPS) is 10.8. The van der Waals surface area contributed by atoms with Gasteiger partial charge in [-0.3, -0.25) is 0 Å². The summed E-state index contributed by atoms with van der Waals surface area (Å²) in [5.74, 6) is 2.22. The lowest BCUT2D eigenvalue weighted by Gasteiger charge is -2.08. The molecule has 1 N–H and O–H groups in total. The van der Waals surface area contributed by atoms with Crippen molar-refractivity contribution in [1.82, 2.24) is 34.3 Å². The molecule has 0 aliphatic heterocycles. The fraction of sp³-hybridized carbons (Fsp3) is 0.308. The molecule has 3 rings (SSSR count). The first-order valence-corrected chi connectivity index (χ1v) is 6.83. The molecule has 8 nitrogen and oxygen atoms in total. The second-order valence-electron chi connectivity index (χ2n) is 4.30. The Bertz CT molecular complexity index is 716. The Labute approximate surface area is 121 Å². The predicted octanol–water partition coefficient (Wildman–Crippen LogP) is 1.37. The lowest BCUT2D eigenvalue weighted by atomic mass is 10.5. The summed E-state index contributed by atoms with van der Waals surface area (Å²) < 4.78 is 3.59. The van der Waals surface area contributed by atoms with Crippen LogP contribution in [0.4, 0.5) is 5.95 Å². The van der Waals surface area contributed by atoms with E-state index in [9.17, 15) is 0 Å². The maximum atomic E-state index is 4.46. The average Bonchev–Trinajstić information content (AvgIpc) is 3.18.